The third-order valence-corrected chi connectivity index (χ3v) is 5.34. The van der Waals surface area contributed by atoms with Crippen molar-refractivity contribution in [1.82, 2.24) is 24.7 Å². The quantitative estimate of drug-likeness (QED) is 0.463. The van der Waals surface area contributed by atoms with Gasteiger partial charge >= 0.3 is 0 Å². The number of aromatic nitrogens is 5. The minimum Gasteiger partial charge on any atom is -0.368 e. The Kier molecular flexibility index (Phi) is 5.31. The minimum atomic E-state index is -2.90. The molecule has 0 saturated carbocycles. The average Bonchev–Trinajstić information content (AvgIpc) is 3.21. The molecule has 0 atom stereocenters. The molecule has 31 heavy (non-hydrogen) atoms. The van der Waals surface area contributed by atoms with Crippen molar-refractivity contribution in [2.24, 2.45) is 7.05 Å². The maximum absolute atomic E-state index is 15.5. The third-order valence-electron chi connectivity index (χ3n) is 5.34. The van der Waals surface area contributed by atoms with E-state index < -0.39 is 23.7 Å². The zero-order chi connectivity index (χ0) is 22.2. The third kappa shape index (κ3) is 3.81. The summed E-state index contributed by atoms with van der Waals surface area (Å²) in [4.78, 5) is 9.33. The number of hydrogen-bond acceptors (Lipinski definition) is 6. The molecule has 11 heteroatoms. The number of piperidine rings is 1. The molecule has 1 fully saturated rings. The van der Waals surface area contributed by atoms with Crippen molar-refractivity contribution in [3.63, 3.8) is 0 Å². The van der Waals surface area contributed by atoms with Gasteiger partial charge in [0.2, 0.25) is 5.95 Å². The van der Waals surface area contributed by atoms with E-state index in [4.69, 9.17) is 0 Å². The number of aryl methyl sites for hydroxylation is 1. The predicted octanol–water partition coefficient (Wildman–Crippen LogP) is 3.69. The fraction of sp³-hybridized carbons (Fsp3) is 0.350. The fourth-order valence-electron chi connectivity index (χ4n) is 3.79. The molecule has 0 radical (unpaired) electrons. The van der Waals surface area contributed by atoms with E-state index in [0.29, 0.717) is 5.69 Å². The van der Waals surface area contributed by atoms with Gasteiger partial charge in [0, 0.05) is 44.7 Å². The van der Waals surface area contributed by atoms with E-state index in [9.17, 15) is 18.4 Å². The largest absolute Gasteiger partial charge is 0.368 e. The summed E-state index contributed by atoms with van der Waals surface area (Å²) in [6.45, 7) is 0.380. The molecule has 4 heterocycles. The Labute approximate surface area is 175 Å². The number of nitriles is 1. The van der Waals surface area contributed by atoms with Crippen LogP contribution in [0.2, 0.25) is 0 Å². The summed E-state index contributed by atoms with van der Waals surface area (Å²) >= 11 is 0. The van der Waals surface area contributed by atoms with Crippen LogP contribution in [0.1, 0.15) is 36.3 Å². The lowest BCUT2D eigenvalue weighted by Gasteiger charge is -2.37. The van der Waals surface area contributed by atoms with Crippen molar-refractivity contribution < 1.29 is 17.6 Å². The van der Waals surface area contributed by atoms with E-state index in [1.54, 1.807) is 11.9 Å². The number of anilines is 1. The Hall–Kier alpha value is -3.55. The van der Waals surface area contributed by atoms with Crippen molar-refractivity contribution in [3.8, 4) is 17.3 Å². The van der Waals surface area contributed by atoms with Crippen molar-refractivity contribution in [2.45, 2.75) is 24.9 Å². The van der Waals surface area contributed by atoms with Crippen LogP contribution in [0.25, 0.3) is 11.3 Å². The summed E-state index contributed by atoms with van der Waals surface area (Å²) in [5.41, 5.74) is -1.65. The summed E-state index contributed by atoms with van der Waals surface area (Å²) in [5, 5.41) is 17.2. The van der Waals surface area contributed by atoms with Crippen LogP contribution in [0.3, 0.4) is 0 Å². The SMILES string of the molecule is Cn1cnnc1C1(F)CCN(c2c(C#N)cc(C(F)F)nc2-c2ccc(F)nc2)CC1. The number of rotatable bonds is 4. The lowest BCUT2D eigenvalue weighted by Crippen LogP contribution is -2.42. The molecule has 0 unspecified atom stereocenters. The van der Waals surface area contributed by atoms with Gasteiger partial charge in [0.15, 0.2) is 11.5 Å². The molecule has 0 amide bonds. The lowest BCUT2D eigenvalue weighted by atomic mass is 9.91. The molecule has 4 rings (SSSR count). The smallest absolute Gasteiger partial charge is 0.280 e. The summed E-state index contributed by atoms with van der Waals surface area (Å²) in [5.74, 6) is -0.526. The van der Waals surface area contributed by atoms with Gasteiger partial charge in [0.1, 0.15) is 18.1 Å². The first kappa shape index (κ1) is 20.7. The highest BCUT2D eigenvalue weighted by molar-refractivity contribution is 5.80. The molecule has 0 N–H and O–H groups in total. The molecule has 3 aromatic rings. The van der Waals surface area contributed by atoms with Gasteiger partial charge in [-0.2, -0.15) is 9.65 Å². The first-order valence-electron chi connectivity index (χ1n) is 9.46. The molecule has 1 aliphatic heterocycles. The van der Waals surface area contributed by atoms with Gasteiger partial charge in [0.25, 0.3) is 6.43 Å². The standard InChI is InChI=1S/C20H17F4N7/c1-30-11-27-29-19(30)20(24)4-6-31(7-5-20)17-13(9-25)8-14(18(22)23)28-16(17)12-2-3-15(21)26-10-12/h2-3,8,10-11,18H,4-7H2,1H3. The summed E-state index contributed by atoms with van der Waals surface area (Å²) < 4.78 is 57.1. The molecule has 0 aliphatic carbocycles. The zero-order valence-electron chi connectivity index (χ0n) is 16.4. The van der Waals surface area contributed by atoms with Crippen LogP contribution in [0, 0.1) is 17.3 Å². The molecular formula is C20H17F4N7. The van der Waals surface area contributed by atoms with Crippen LogP contribution in [0.4, 0.5) is 23.2 Å². The van der Waals surface area contributed by atoms with E-state index in [-0.39, 0.29) is 48.6 Å². The van der Waals surface area contributed by atoms with E-state index in [1.165, 1.54) is 23.2 Å². The van der Waals surface area contributed by atoms with Crippen molar-refractivity contribution in [1.29, 1.82) is 5.26 Å². The van der Waals surface area contributed by atoms with Crippen LogP contribution in [-0.4, -0.2) is 37.8 Å². The molecule has 0 spiro atoms. The molecule has 3 aromatic heterocycles. The molecule has 7 nitrogen and oxygen atoms in total. The molecule has 0 aromatic carbocycles. The second-order valence-electron chi connectivity index (χ2n) is 7.29. The summed E-state index contributed by atoms with van der Waals surface area (Å²) in [6.07, 6.45) is -0.196. The molecule has 0 bridgehead atoms. The van der Waals surface area contributed by atoms with Crippen LogP contribution in [0.15, 0.2) is 30.7 Å². The highest BCUT2D eigenvalue weighted by atomic mass is 19.3. The van der Waals surface area contributed by atoms with Crippen LogP contribution in [-0.2, 0) is 12.7 Å². The minimum absolute atomic E-state index is 0.0189. The Morgan fingerprint density at radius 3 is 2.52 bits per heavy atom. The highest BCUT2D eigenvalue weighted by Crippen LogP contribution is 2.41. The molecular weight excluding hydrogens is 414 g/mol. The van der Waals surface area contributed by atoms with Crippen LogP contribution < -0.4 is 4.90 Å². The highest BCUT2D eigenvalue weighted by Gasteiger charge is 2.41. The fourth-order valence-corrected chi connectivity index (χ4v) is 3.79. The second kappa shape index (κ2) is 7.94. The topological polar surface area (TPSA) is 83.5 Å². The number of hydrogen-bond donors (Lipinski definition) is 0. The maximum Gasteiger partial charge on any atom is 0.280 e. The Morgan fingerprint density at radius 1 is 1.23 bits per heavy atom. The van der Waals surface area contributed by atoms with Gasteiger partial charge in [-0.15, -0.1) is 10.2 Å². The molecule has 1 aliphatic rings. The van der Waals surface area contributed by atoms with Gasteiger partial charge < -0.3 is 9.47 Å². The zero-order valence-corrected chi connectivity index (χ0v) is 16.4. The van der Waals surface area contributed by atoms with Gasteiger partial charge in [-0.25, -0.2) is 23.1 Å². The van der Waals surface area contributed by atoms with E-state index >= 15 is 4.39 Å². The Balaban J connectivity index is 1.75. The van der Waals surface area contributed by atoms with Gasteiger partial charge in [-0.1, -0.05) is 0 Å². The van der Waals surface area contributed by atoms with E-state index in [2.05, 4.69) is 20.2 Å². The molecule has 160 valence electrons. The number of halogens is 4. The summed E-state index contributed by atoms with van der Waals surface area (Å²) in [6, 6.07) is 5.40. The number of alkyl halides is 3. The van der Waals surface area contributed by atoms with E-state index in [1.807, 2.05) is 6.07 Å². The average molecular weight is 431 g/mol. The van der Waals surface area contributed by atoms with Crippen molar-refractivity contribution in [2.75, 3.05) is 18.0 Å². The monoisotopic (exact) mass is 431 g/mol. The normalized spacial score (nSPS) is 15.8. The molecule has 1 saturated heterocycles. The Bertz CT molecular complexity index is 1130. The van der Waals surface area contributed by atoms with Gasteiger partial charge in [-0.05, 0) is 18.2 Å². The number of pyridine rings is 2. The number of nitrogens with zero attached hydrogens (tertiary/aromatic N) is 7. The van der Waals surface area contributed by atoms with Gasteiger partial charge in [-0.3, -0.25) is 0 Å². The lowest BCUT2D eigenvalue weighted by molar-refractivity contribution is 0.109. The predicted molar refractivity (Wildman–Crippen MR) is 102 cm³/mol. The van der Waals surface area contributed by atoms with Crippen LogP contribution in [0.5, 0.6) is 0 Å². The van der Waals surface area contributed by atoms with E-state index in [0.717, 1.165) is 12.1 Å². The van der Waals surface area contributed by atoms with Gasteiger partial charge in [0.05, 0.1) is 16.9 Å². The first-order chi connectivity index (χ1) is 14.8. The summed E-state index contributed by atoms with van der Waals surface area (Å²) in [7, 11) is 1.66. The first-order valence-corrected chi connectivity index (χ1v) is 9.46. The Morgan fingerprint density at radius 2 is 1.97 bits per heavy atom. The van der Waals surface area contributed by atoms with Crippen molar-refractivity contribution in [3.05, 3.63) is 53.8 Å². The maximum atomic E-state index is 15.5. The second-order valence-corrected chi connectivity index (χ2v) is 7.29. The van der Waals surface area contributed by atoms with Crippen molar-refractivity contribution >= 4 is 5.69 Å². The van der Waals surface area contributed by atoms with Crippen LogP contribution >= 0.6 is 0 Å².